The molecule has 0 spiro atoms. The Bertz CT molecular complexity index is 503. The van der Waals surface area contributed by atoms with Gasteiger partial charge in [-0.15, -0.1) is 0 Å². The predicted octanol–water partition coefficient (Wildman–Crippen LogP) is -3.82. The number of carbonyl (C=O) groups is 4. The van der Waals surface area contributed by atoms with Gasteiger partial charge in [0.05, 0.1) is 12.7 Å². The van der Waals surface area contributed by atoms with Crippen molar-refractivity contribution >= 4 is 36.3 Å². The van der Waals surface area contributed by atoms with E-state index in [0.717, 1.165) is 0 Å². The largest absolute Gasteiger partial charge is 0.480 e. The van der Waals surface area contributed by atoms with Crippen LogP contribution in [0.4, 0.5) is 0 Å². The highest BCUT2D eigenvalue weighted by Gasteiger charge is 2.31. The molecule has 0 saturated heterocycles. The van der Waals surface area contributed by atoms with Crippen molar-refractivity contribution in [1.29, 1.82) is 0 Å². The first kappa shape index (κ1) is 23.1. The summed E-state index contributed by atoms with van der Waals surface area (Å²) in [6, 6.07) is -5.09. The standard InChI is InChI=1S/C13H24N4O7S/c1-5(13(23)24)15-11(21)8(4-25)16-12(22)9(6(2)19)17-10(20)7(14)3-18/h5-9,18-19,25H,3-4,14H2,1-2H3,(H,15,21)(H,16,22)(H,17,20)(H,23,24). The predicted molar refractivity (Wildman–Crippen MR) is 89.7 cm³/mol. The molecule has 8 N–H and O–H groups in total. The Morgan fingerprint density at radius 2 is 1.60 bits per heavy atom. The monoisotopic (exact) mass is 380 g/mol. The van der Waals surface area contributed by atoms with E-state index in [9.17, 15) is 24.3 Å². The maximum atomic E-state index is 12.2. The van der Waals surface area contributed by atoms with Crippen LogP contribution >= 0.6 is 12.6 Å². The molecule has 0 heterocycles. The quantitative estimate of drug-likeness (QED) is 0.177. The summed E-state index contributed by atoms with van der Waals surface area (Å²) in [5.74, 6) is -3.97. The highest BCUT2D eigenvalue weighted by Crippen LogP contribution is 1.98. The smallest absolute Gasteiger partial charge is 0.325 e. The number of aliphatic hydroxyl groups excluding tert-OH is 2. The maximum absolute atomic E-state index is 12.2. The molecule has 0 aromatic carbocycles. The number of carbonyl (C=O) groups excluding carboxylic acids is 3. The van der Waals surface area contributed by atoms with E-state index >= 15 is 0 Å². The third-order valence-corrected chi connectivity index (χ3v) is 3.51. The molecule has 25 heavy (non-hydrogen) atoms. The van der Waals surface area contributed by atoms with Gasteiger partial charge in [0.25, 0.3) is 0 Å². The van der Waals surface area contributed by atoms with Crippen LogP contribution in [-0.2, 0) is 19.2 Å². The number of aliphatic carboxylic acids is 1. The highest BCUT2D eigenvalue weighted by molar-refractivity contribution is 7.80. The van der Waals surface area contributed by atoms with Crippen LogP contribution in [0, 0.1) is 0 Å². The molecule has 0 aliphatic rings. The summed E-state index contributed by atoms with van der Waals surface area (Å²) in [6.07, 6.45) is -1.32. The Hall–Kier alpha value is -1.89. The van der Waals surface area contributed by atoms with Crippen molar-refractivity contribution in [2.24, 2.45) is 5.73 Å². The fourth-order valence-corrected chi connectivity index (χ4v) is 1.84. The van der Waals surface area contributed by atoms with Crippen molar-refractivity contribution in [2.45, 2.75) is 44.1 Å². The van der Waals surface area contributed by atoms with Crippen molar-refractivity contribution in [1.82, 2.24) is 16.0 Å². The molecule has 0 aliphatic carbocycles. The average molecular weight is 380 g/mol. The molecule has 12 heteroatoms. The lowest BCUT2D eigenvalue weighted by Gasteiger charge is -2.25. The summed E-state index contributed by atoms with van der Waals surface area (Å²) in [6.45, 7) is 1.82. The zero-order valence-electron chi connectivity index (χ0n) is 13.8. The van der Waals surface area contributed by atoms with E-state index in [0.29, 0.717) is 0 Å². The molecule has 3 amide bonds. The van der Waals surface area contributed by atoms with Gasteiger partial charge in [-0.1, -0.05) is 0 Å². The first-order chi connectivity index (χ1) is 11.5. The van der Waals surface area contributed by atoms with E-state index in [1.54, 1.807) is 0 Å². The molecule has 144 valence electrons. The van der Waals surface area contributed by atoms with Crippen LogP contribution in [0.25, 0.3) is 0 Å². The van der Waals surface area contributed by atoms with E-state index in [4.69, 9.17) is 15.9 Å². The SMILES string of the molecule is CC(NC(=O)C(CS)NC(=O)C(NC(=O)C(N)CO)C(C)O)C(=O)O. The van der Waals surface area contributed by atoms with E-state index in [1.807, 2.05) is 0 Å². The van der Waals surface area contributed by atoms with Crippen LogP contribution in [-0.4, -0.2) is 81.6 Å². The molecule has 5 atom stereocenters. The summed E-state index contributed by atoms with van der Waals surface area (Å²) in [5, 5.41) is 33.8. The fourth-order valence-electron chi connectivity index (χ4n) is 1.58. The normalized spacial score (nSPS) is 16.7. The van der Waals surface area contributed by atoms with E-state index in [-0.39, 0.29) is 5.75 Å². The Morgan fingerprint density at radius 3 is 2.00 bits per heavy atom. The number of aliphatic hydroxyl groups is 2. The molecule has 0 aromatic rings. The molecule has 11 nitrogen and oxygen atoms in total. The molecule has 0 rings (SSSR count). The first-order valence-electron chi connectivity index (χ1n) is 7.34. The average Bonchev–Trinajstić information content (AvgIpc) is 2.55. The summed E-state index contributed by atoms with van der Waals surface area (Å²) in [4.78, 5) is 46.6. The van der Waals surface area contributed by atoms with Gasteiger partial charge in [-0.3, -0.25) is 19.2 Å². The second kappa shape index (κ2) is 10.9. The first-order valence-corrected chi connectivity index (χ1v) is 7.97. The van der Waals surface area contributed by atoms with Crippen molar-refractivity contribution in [2.75, 3.05) is 12.4 Å². The molecule has 0 aromatic heterocycles. The molecular weight excluding hydrogens is 356 g/mol. The van der Waals surface area contributed by atoms with Crippen LogP contribution in [0.1, 0.15) is 13.8 Å². The number of amides is 3. The van der Waals surface area contributed by atoms with Crippen molar-refractivity contribution < 1.29 is 34.5 Å². The number of nitrogens with two attached hydrogens (primary N) is 1. The Morgan fingerprint density at radius 1 is 1.04 bits per heavy atom. The molecule has 0 saturated carbocycles. The number of carboxylic acid groups (broad SMARTS) is 1. The minimum atomic E-state index is -1.43. The summed E-state index contributed by atoms with van der Waals surface area (Å²) >= 11 is 3.92. The number of thiol groups is 1. The van der Waals surface area contributed by atoms with Gasteiger partial charge in [0.1, 0.15) is 24.2 Å². The van der Waals surface area contributed by atoms with Gasteiger partial charge >= 0.3 is 5.97 Å². The van der Waals surface area contributed by atoms with Crippen molar-refractivity contribution in [3.63, 3.8) is 0 Å². The number of hydrogen-bond acceptors (Lipinski definition) is 8. The maximum Gasteiger partial charge on any atom is 0.325 e. The third-order valence-electron chi connectivity index (χ3n) is 3.14. The van der Waals surface area contributed by atoms with Crippen LogP contribution in [0.15, 0.2) is 0 Å². The highest BCUT2D eigenvalue weighted by atomic mass is 32.1. The minimum absolute atomic E-state index is 0.152. The second-order valence-corrected chi connectivity index (χ2v) is 5.69. The Labute approximate surface area is 149 Å². The van der Waals surface area contributed by atoms with Crippen LogP contribution in [0.5, 0.6) is 0 Å². The molecule has 0 bridgehead atoms. The van der Waals surface area contributed by atoms with Gasteiger partial charge < -0.3 is 37.0 Å². The molecule has 0 fully saturated rings. The lowest BCUT2D eigenvalue weighted by Crippen LogP contribution is -2.60. The molecule has 5 unspecified atom stereocenters. The van der Waals surface area contributed by atoms with Crippen LogP contribution in [0.2, 0.25) is 0 Å². The number of rotatable bonds is 10. The van der Waals surface area contributed by atoms with Gasteiger partial charge in [-0.25, -0.2) is 0 Å². The third kappa shape index (κ3) is 7.69. The van der Waals surface area contributed by atoms with E-state index in [1.165, 1.54) is 13.8 Å². The van der Waals surface area contributed by atoms with E-state index < -0.39 is 60.6 Å². The van der Waals surface area contributed by atoms with Gasteiger partial charge in [-0.2, -0.15) is 12.6 Å². The van der Waals surface area contributed by atoms with Gasteiger partial charge in [-0.05, 0) is 13.8 Å². The Kier molecular flexibility index (Phi) is 10.0. The number of nitrogens with one attached hydrogen (secondary N) is 3. The molecule has 0 radical (unpaired) electrons. The second-order valence-electron chi connectivity index (χ2n) is 5.33. The van der Waals surface area contributed by atoms with Crippen LogP contribution < -0.4 is 21.7 Å². The summed E-state index contributed by atoms with van der Waals surface area (Å²) in [7, 11) is 0. The number of hydrogen-bond donors (Lipinski definition) is 8. The van der Waals surface area contributed by atoms with Gasteiger partial charge in [0, 0.05) is 5.75 Å². The lowest BCUT2D eigenvalue weighted by atomic mass is 10.1. The number of carboxylic acids is 1. The lowest BCUT2D eigenvalue weighted by molar-refractivity contribution is -0.141. The summed E-state index contributed by atoms with van der Waals surface area (Å²) < 4.78 is 0. The Balaban J connectivity index is 4.98. The van der Waals surface area contributed by atoms with E-state index in [2.05, 4.69) is 28.6 Å². The minimum Gasteiger partial charge on any atom is -0.480 e. The zero-order valence-corrected chi connectivity index (χ0v) is 14.7. The van der Waals surface area contributed by atoms with Gasteiger partial charge in [0.15, 0.2) is 0 Å². The van der Waals surface area contributed by atoms with Crippen LogP contribution in [0.3, 0.4) is 0 Å². The summed E-state index contributed by atoms with van der Waals surface area (Å²) in [5.41, 5.74) is 5.32. The topological polar surface area (TPSA) is 191 Å². The zero-order chi connectivity index (χ0) is 19.7. The van der Waals surface area contributed by atoms with Crippen molar-refractivity contribution in [3.8, 4) is 0 Å². The fraction of sp³-hybridized carbons (Fsp3) is 0.692. The van der Waals surface area contributed by atoms with Gasteiger partial charge in [0.2, 0.25) is 17.7 Å². The molecule has 0 aliphatic heterocycles. The van der Waals surface area contributed by atoms with Crippen molar-refractivity contribution in [3.05, 3.63) is 0 Å². The molecular formula is C13H24N4O7S.